The van der Waals surface area contributed by atoms with Crippen molar-refractivity contribution in [1.29, 1.82) is 0 Å². The van der Waals surface area contributed by atoms with E-state index in [1.54, 1.807) is 30.4 Å². The molecule has 3 aromatic rings. The Kier molecular flexibility index (Phi) is 4.55. The summed E-state index contributed by atoms with van der Waals surface area (Å²) in [4.78, 5) is 30.5. The highest BCUT2D eigenvalue weighted by Crippen LogP contribution is 2.27. The lowest BCUT2D eigenvalue weighted by atomic mass is 10.0. The highest BCUT2D eigenvalue weighted by Gasteiger charge is 2.21. The van der Waals surface area contributed by atoms with Crippen molar-refractivity contribution in [2.75, 3.05) is 0 Å². The number of carbonyl (C=O) groups is 1. The van der Waals surface area contributed by atoms with Crippen molar-refractivity contribution in [2.45, 2.75) is 45.1 Å². The second-order valence-corrected chi connectivity index (χ2v) is 7.78. The van der Waals surface area contributed by atoms with Gasteiger partial charge in [0.1, 0.15) is 5.01 Å². The molecule has 2 heterocycles. The molecule has 0 saturated heterocycles. The molecule has 0 unspecified atom stereocenters. The van der Waals surface area contributed by atoms with Crippen LogP contribution < -0.4 is 10.9 Å². The Bertz CT molecular complexity index is 1000. The van der Waals surface area contributed by atoms with Crippen LogP contribution >= 0.6 is 11.3 Å². The highest BCUT2D eigenvalue weighted by molar-refractivity contribution is 7.11. The number of aromatic amines is 1. The van der Waals surface area contributed by atoms with E-state index in [0.717, 1.165) is 17.8 Å². The molecule has 0 radical (unpaired) electrons. The molecule has 2 aromatic heterocycles. The Balaban J connectivity index is 1.51. The van der Waals surface area contributed by atoms with Crippen molar-refractivity contribution in [1.82, 2.24) is 20.5 Å². The summed E-state index contributed by atoms with van der Waals surface area (Å²) in [5.41, 5.74) is 1.54. The van der Waals surface area contributed by atoms with E-state index in [1.807, 2.05) is 12.1 Å². The number of nitrogens with one attached hydrogen (secondary N) is 2. The number of hydrogen-bond acceptors (Lipinski definition) is 5. The third kappa shape index (κ3) is 3.14. The number of aromatic nitrogens is 3. The minimum absolute atomic E-state index is 0.122. The maximum Gasteiger partial charge on any atom is 0.272 e. The van der Waals surface area contributed by atoms with Crippen molar-refractivity contribution >= 4 is 28.0 Å². The number of thiazole rings is 1. The van der Waals surface area contributed by atoms with E-state index in [1.165, 1.54) is 23.4 Å². The summed E-state index contributed by atoms with van der Waals surface area (Å²) < 4.78 is 0. The lowest BCUT2D eigenvalue weighted by Crippen LogP contribution is -2.29. The van der Waals surface area contributed by atoms with Gasteiger partial charge in [-0.2, -0.15) is 5.10 Å². The third-order valence-electron chi connectivity index (χ3n) is 4.83. The topological polar surface area (TPSA) is 87.7 Å². The lowest BCUT2D eigenvalue weighted by molar-refractivity contribution is -0.122. The number of rotatable bonds is 4. The van der Waals surface area contributed by atoms with Crippen LogP contribution in [-0.2, 0) is 24.2 Å². The van der Waals surface area contributed by atoms with Gasteiger partial charge in [-0.05, 0) is 38.7 Å². The number of fused-ring (bicyclic) bond motifs is 2. The molecule has 0 aliphatic heterocycles. The van der Waals surface area contributed by atoms with Crippen molar-refractivity contribution in [3.63, 3.8) is 0 Å². The van der Waals surface area contributed by atoms with Gasteiger partial charge in [0.05, 0.1) is 29.2 Å². The van der Waals surface area contributed by atoms with Gasteiger partial charge in [0, 0.05) is 10.3 Å². The van der Waals surface area contributed by atoms with Crippen molar-refractivity contribution in [3.05, 3.63) is 55.9 Å². The van der Waals surface area contributed by atoms with Gasteiger partial charge in [-0.1, -0.05) is 18.2 Å². The summed E-state index contributed by atoms with van der Waals surface area (Å²) >= 11 is 1.70. The van der Waals surface area contributed by atoms with E-state index in [9.17, 15) is 9.59 Å². The molecule has 26 heavy (non-hydrogen) atoms. The zero-order valence-corrected chi connectivity index (χ0v) is 15.4. The molecule has 134 valence electrons. The number of hydrogen-bond donors (Lipinski definition) is 2. The number of amides is 1. The zero-order valence-electron chi connectivity index (χ0n) is 14.5. The summed E-state index contributed by atoms with van der Waals surface area (Å²) in [6.45, 7) is 2.23. The monoisotopic (exact) mass is 368 g/mol. The quantitative estimate of drug-likeness (QED) is 0.741. The second kappa shape index (κ2) is 6.99. The molecule has 6 nitrogen and oxygen atoms in total. The summed E-state index contributed by atoms with van der Waals surface area (Å²) in [5, 5.41) is 11.8. The summed E-state index contributed by atoms with van der Waals surface area (Å²) in [6.07, 6.45) is 4.57. The van der Waals surface area contributed by atoms with E-state index >= 15 is 0 Å². The average Bonchev–Trinajstić information content (AvgIpc) is 3.09. The Morgan fingerprint density at radius 2 is 2.04 bits per heavy atom. The molecule has 0 saturated carbocycles. The average molecular weight is 368 g/mol. The molecular formula is C19H20N4O2S. The van der Waals surface area contributed by atoms with Crippen LogP contribution in [0.25, 0.3) is 10.8 Å². The molecule has 0 fully saturated rings. The van der Waals surface area contributed by atoms with Crippen LogP contribution in [-0.4, -0.2) is 21.1 Å². The first-order chi connectivity index (χ1) is 12.6. The lowest BCUT2D eigenvalue weighted by Gasteiger charge is -2.12. The highest BCUT2D eigenvalue weighted by atomic mass is 32.1. The fourth-order valence-corrected chi connectivity index (χ4v) is 4.48. The fraction of sp³-hybridized carbons (Fsp3) is 0.368. The van der Waals surface area contributed by atoms with Gasteiger partial charge >= 0.3 is 0 Å². The molecule has 4 rings (SSSR count). The van der Waals surface area contributed by atoms with Crippen LogP contribution in [0, 0.1) is 0 Å². The molecule has 1 amide bonds. The van der Waals surface area contributed by atoms with Crippen LogP contribution in [0.4, 0.5) is 0 Å². The summed E-state index contributed by atoms with van der Waals surface area (Å²) in [6, 6.07) is 7.21. The molecule has 7 heteroatoms. The molecule has 2 N–H and O–H groups in total. The first kappa shape index (κ1) is 16.9. The number of benzene rings is 1. The van der Waals surface area contributed by atoms with Gasteiger partial charge in [0.25, 0.3) is 5.56 Å². The van der Waals surface area contributed by atoms with Gasteiger partial charge in [-0.15, -0.1) is 11.3 Å². The van der Waals surface area contributed by atoms with E-state index in [0.29, 0.717) is 23.0 Å². The normalized spacial score (nSPS) is 14.8. The van der Waals surface area contributed by atoms with Crippen molar-refractivity contribution in [3.8, 4) is 0 Å². The van der Waals surface area contributed by atoms with Crippen LogP contribution in [0.3, 0.4) is 0 Å². The Morgan fingerprint density at radius 3 is 2.85 bits per heavy atom. The van der Waals surface area contributed by atoms with Crippen LogP contribution in [0.1, 0.15) is 47.0 Å². The second-order valence-electron chi connectivity index (χ2n) is 6.61. The van der Waals surface area contributed by atoms with Gasteiger partial charge in [0.15, 0.2) is 0 Å². The number of aryl methyl sites for hydroxylation is 2. The van der Waals surface area contributed by atoms with Gasteiger partial charge in [-0.3, -0.25) is 9.59 Å². The predicted molar refractivity (Wildman–Crippen MR) is 101 cm³/mol. The predicted octanol–water partition coefficient (Wildman–Crippen LogP) is 2.68. The van der Waals surface area contributed by atoms with Crippen LogP contribution in [0.15, 0.2) is 29.1 Å². The van der Waals surface area contributed by atoms with Crippen LogP contribution in [0.5, 0.6) is 0 Å². The summed E-state index contributed by atoms with van der Waals surface area (Å²) in [5.74, 6) is -0.589. The number of H-pyrrole nitrogens is 1. The van der Waals surface area contributed by atoms with E-state index < -0.39 is 5.92 Å². The first-order valence-electron chi connectivity index (χ1n) is 8.86. The zero-order chi connectivity index (χ0) is 18.1. The Hall–Kier alpha value is -2.54. The van der Waals surface area contributed by atoms with E-state index in [4.69, 9.17) is 0 Å². The van der Waals surface area contributed by atoms with E-state index in [2.05, 4.69) is 20.5 Å². The minimum atomic E-state index is -0.466. The molecule has 1 aliphatic rings. The smallest absolute Gasteiger partial charge is 0.272 e. The molecule has 0 spiro atoms. The fourth-order valence-electron chi connectivity index (χ4n) is 3.39. The van der Waals surface area contributed by atoms with Crippen molar-refractivity contribution < 1.29 is 4.79 Å². The number of carbonyl (C=O) groups excluding carboxylic acids is 1. The van der Waals surface area contributed by atoms with Gasteiger partial charge in [0.2, 0.25) is 5.91 Å². The molecule has 1 aliphatic carbocycles. The van der Waals surface area contributed by atoms with E-state index in [-0.39, 0.29) is 11.5 Å². The van der Waals surface area contributed by atoms with Crippen molar-refractivity contribution in [2.24, 2.45) is 0 Å². The third-order valence-corrected chi connectivity index (χ3v) is 5.99. The van der Waals surface area contributed by atoms with Gasteiger partial charge in [-0.25, -0.2) is 10.1 Å². The molecule has 1 atom stereocenters. The molecule has 1 aromatic carbocycles. The largest absolute Gasteiger partial charge is 0.349 e. The van der Waals surface area contributed by atoms with Gasteiger partial charge < -0.3 is 5.32 Å². The maximum absolute atomic E-state index is 12.6. The Labute approximate surface area is 154 Å². The number of nitrogens with zero attached hydrogens (tertiary/aromatic N) is 2. The SMILES string of the molecule is C[C@H](C(=O)NCc1nc2c(s1)CCCC2)c1n[nH]c(=O)c2ccccc12. The Morgan fingerprint density at radius 1 is 1.27 bits per heavy atom. The minimum Gasteiger partial charge on any atom is -0.349 e. The molecule has 0 bridgehead atoms. The standard InChI is InChI=1S/C19H20N4O2S/c1-11(17-12-6-2-3-7-13(12)19(25)23-22-17)18(24)20-10-16-21-14-8-4-5-9-15(14)26-16/h2-3,6-7,11H,4-5,8-10H2,1H3,(H,20,24)(H,23,25)/t11-/m0/s1. The maximum atomic E-state index is 12.6. The first-order valence-corrected chi connectivity index (χ1v) is 9.67. The molecular weight excluding hydrogens is 348 g/mol. The van der Waals surface area contributed by atoms with Crippen LogP contribution in [0.2, 0.25) is 0 Å². The summed E-state index contributed by atoms with van der Waals surface area (Å²) in [7, 11) is 0.